The summed E-state index contributed by atoms with van der Waals surface area (Å²) in [5.41, 5.74) is 0.504. The molecule has 0 aliphatic carbocycles. The predicted octanol–water partition coefficient (Wildman–Crippen LogP) is 4.11. The van der Waals surface area contributed by atoms with Crippen molar-refractivity contribution < 1.29 is 37.0 Å². The summed E-state index contributed by atoms with van der Waals surface area (Å²) in [6, 6.07) is 24.2. The summed E-state index contributed by atoms with van der Waals surface area (Å²) in [6.07, 6.45) is -6.98. The average molecular weight is 471 g/mol. The van der Waals surface area contributed by atoms with Crippen molar-refractivity contribution in [2.75, 3.05) is 13.7 Å². The number of rotatable bonds is 11. The van der Waals surface area contributed by atoms with Crippen molar-refractivity contribution in [2.45, 2.75) is 50.4 Å². The maximum atomic E-state index is 10.2. The molecular formula is C28H32O6. The topological polar surface area (TPSA) is 66.4 Å². The van der Waals surface area contributed by atoms with Crippen molar-refractivity contribution in [1.82, 2.24) is 0 Å². The van der Waals surface area contributed by atoms with Crippen LogP contribution in [0.1, 0.15) is 24.9 Å². The van der Waals surface area contributed by atoms with Crippen LogP contribution in [0.4, 0.5) is 0 Å². The number of hydrogen-bond acceptors (Lipinski definition) is 6. The molecule has 1 heterocycles. The molecular weight excluding hydrogens is 432 g/mol. The second-order valence-electron chi connectivity index (χ2n) is 7.61. The van der Waals surface area contributed by atoms with E-state index in [-0.39, 0.29) is 16.7 Å². The number of hydrogen-bond donors (Lipinski definition) is 1. The zero-order chi connectivity index (χ0) is 29.0. The Hall–Kier alpha value is -2.58. The Balaban J connectivity index is 1.78. The van der Waals surface area contributed by atoms with Gasteiger partial charge in [0.2, 0.25) is 0 Å². The second kappa shape index (κ2) is 12.8. The summed E-state index contributed by atoms with van der Waals surface area (Å²) >= 11 is 0. The van der Waals surface area contributed by atoms with E-state index in [1.807, 2.05) is 0 Å². The first-order chi connectivity index (χ1) is 19.0. The van der Waals surface area contributed by atoms with Gasteiger partial charge >= 0.3 is 0 Å². The molecule has 0 aromatic heterocycles. The third-order valence-electron chi connectivity index (χ3n) is 5.26. The molecule has 0 saturated carbocycles. The molecule has 180 valence electrons. The molecule has 3 aromatic rings. The van der Waals surface area contributed by atoms with Crippen LogP contribution in [0.15, 0.2) is 91.0 Å². The van der Waals surface area contributed by atoms with Crippen LogP contribution in [0.3, 0.4) is 0 Å². The lowest BCUT2D eigenvalue weighted by atomic mass is 9.98. The number of benzene rings is 3. The minimum Gasteiger partial charge on any atom is -0.394 e. The van der Waals surface area contributed by atoms with Crippen molar-refractivity contribution in [3.05, 3.63) is 108 Å². The molecule has 1 fully saturated rings. The summed E-state index contributed by atoms with van der Waals surface area (Å²) in [5, 5.41) is 10.2. The van der Waals surface area contributed by atoms with Crippen LogP contribution < -0.4 is 0 Å². The highest BCUT2D eigenvalue weighted by atomic mass is 16.7. The minimum atomic E-state index is -2.45. The number of aliphatic hydroxyl groups excluding tert-OH is 1. The Morgan fingerprint density at radius 2 is 1.09 bits per heavy atom. The molecule has 0 bridgehead atoms. The van der Waals surface area contributed by atoms with E-state index >= 15 is 0 Å². The Bertz CT molecular complexity index is 1130. The van der Waals surface area contributed by atoms with Crippen LogP contribution in [-0.4, -0.2) is 49.5 Å². The largest absolute Gasteiger partial charge is 0.394 e. The summed E-state index contributed by atoms with van der Waals surface area (Å²) in [7, 11) is 1.29. The van der Waals surface area contributed by atoms with E-state index in [1.165, 1.54) is 43.5 Å². The van der Waals surface area contributed by atoms with Crippen molar-refractivity contribution in [3.8, 4) is 0 Å². The number of methoxy groups -OCH3 is 1. The Labute approximate surface area is 209 Å². The standard InChI is InChI=1S/C28H32O6/c1-30-28-27(33-20-23-15-9-4-10-16-23)26(32-19-22-13-7-3-8-14-22)25(24(17-29)34-28)31-18-21-11-5-2-6-12-21/h2-16,24-29H,17-20H2,1H3/t24-,25+,26+,27-,28+/m1/s1/i18D2,19D2,20D2. The van der Waals surface area contributed by atoms with Crippen molar-refractivity contribution in [2.24, 2.45) is 0 Å². The van der Waals surface area contributed by atoms with Gasteiger partial charge in [-0.2, -0.15) is 0 Å². The first-order valence-corrected chi connectivity index (χ1v) is 11.0. The summed E-state index contributed by atoms with van der Waals surface area (Å²) < 4.78 is 81.2. The molecule has 1 aliphatic rings. The zero-order valence-corrected chi connectivity index (χ0v) is 18.7. The molecule has 0 unspecified atom stereocenters. The molecule has 5 atom stereocenters. The van der Waals surface area contributed by atoms with Crippen LogP contribution in [0, 0.1) is 0 Å². The Morgan fingerprint density at radius 3 is 1.50 bits per heavy atom. The highest BCUT2D eigenvalue weighted by Gasteiger charge is 2.48. The molecule has 0 amide bonds. The van der Waals surface area contributed by atoms with Crippen molar-refractivity contribution >= 4 is 0 Å². The van der Waals surface area contributed by atoms with Crippen LogP contribution in [-0.2, 0) is 43.4 Å². The molecule has 3 aromatic carbocycles. The van der Waals surface area contributed by atoms with Gasteiger partial charge in [0.1, 0.15) is 24.4 Å². The van der Waals surface area contributed by atoms with Gasteiger partial charge in [0.05, 0.1) is 34.5 Å². The molecule has 0 spiro atoms. The fourth-order valence-corrected chi connectivity index (χ4v) is 3.54. The zero-order valence-electron chi connectivity index (χ0n) is 24.7. The lowest BCUT2D eigenvalue weighted by Gasteiger charge is -2.45. The highest BCUT2D eigenvalue weighted by molar-refractivity contribution is 5.15. The molecule has 0 radical (unpaired) electrons. The third-order valence-corrected chi connectivity index (χ3v) is 5.26. The van der Waals surface area contributed by atoms with Gasteiger partial charge in [-0.15, -0.1) is 0 Å². The smallest absolute Gasteiger partial charge is 0.186 e. The van der Waals surface area contributed by atoms with Gasteiger partial charge in [0.25, 0.3) is 0 Å². The van der Waals surface area contributed by atoms with Gasteiger partial charge in [-0.25, -0.2) is 0 Å². The summed E-state index contributed by atoms with van der Waals surface area (Å²) in [5.74, 6) is 0. The number of aliphatic hydroxyl groups is 1. The van der Waals surface area contributed by atoms with E-state index < -0.39 is 57.0 Å². The summed E-state index contributed by atoms with van der Waals surface area (Å²) in [4.78, 5) is 0. The average Bonchev–Trinajstić information content (AvgIpc) is 2.96. The van der Waals surface area contributed by atoms with Gasteiger partial charge in [-0.1, -0.05) is 91.0 Å². The van der Waals surface area contributed by atoms with Crippen LogP contribution in [0.2, 0.25) is 0 Å². The highest BCUT2D eigenvalue weighted by Crippen LogP contribution is 2.30. The van der Waals surface area contributed by atoms with Crippen LogP contribution >= 0.6 is 0 Å². The van der Waals surface area contributed by atoms with E-state index in [0.717, 1.165) is 0 Å². The van der Waals surface area contributed by atoms with E-state index in [0.29, 0.717) is 0 Å². The van der Waals surface area contributed by atoms with Crippen molar-refractivity contribution in [1.29, 1.82) is 0 Å². The van der Waals surface area contributed by atoms with Crippen LogP contribution in [0.25, 0.3) is 0 Å². The molecule has 6 nitrogen and oxygen atoms in total. The summed E-state index contributed by atoms with van der Waals surface area (Å²) in [6.45, 7) is -7.94. The first kappa shape index (κ1) is 17.8. The van der Waals surface area contributed by atoms with E-state index in [2.05, 4.69) is 0 Å². The van der Waals surface area contributed by atoms with Gasteiger partial charge in [0.15, 0.2) is 6.29 Å². The molecule has 1 saturated heterocycles. The monoisotopic (exact) mass is 470 g/mol. The second-order valence-corrected chi connectivity index (χ2v) is 7.61. The fraction of sp³-hybridized carbons (Fsp3) is 0.357. The maximum Gasteiger partial charge on any atom is 0.186 e. The third kappa shape index (κ3) is 6.51. The van der Waals surface area contributed by atoms with E-state index in [4.69, 9.17) is 31.9 Å². The Morgan fingerprint density at radius 1 is 0.676 bits per heavy atom. The lowest BCUT2D eigenvalue weighted by Crippen LogP contribution is -2.61. The normalized spacial score (nSPS) is 28.6. The quantitative estimate of drug-likeness (QED) is 0.455. The van der Waals surface area contributed by atoms with Gasteiger partial charge in [-0.05, 0) is 16.7 Å². The van der Waals surface area contributed by atoms with Gasteiger partial charge in [-0.3, -0.25) is 0 Å². The fourth-order valence-electron chi connectivity index (χ4n) is 3.54. The SMILES string of the molecule is [2H]C([2H])(O[C@H]1[C@@H](OC([2H])([2H])c2ccccc2)[C@@H](CO)O[C@H](OC)[C@@H]1OC([2H])([2H])c1ccccc1)c1ccccc1. The molecule has 34 heavy (non-hydrogen) atoms. The van der Waals surface area contributed by atoms with Crippen LogP contribution in [0.5, 0.6) is 0 Å². The predicted molar refractivity (Wildman–Crippen MR) is 128 cm³/mol. The molecule has 6 heteroatoms. The van der Waals surface area contributed by atoms with Gasteiger partial charge in [0, 0.05) is 7.11 Å². The van der Waals surface area contributed by atoms with Gasteiger partial charge < -0.3 is 28.8 Å². The molecule has 1 aliphatic heterocycles. The first-order valence-electron chi connectivity index (χ1n) is 14.0. The lowest BCUT2D eigenvalue weighted by molar-refractivity contribution is -0.321. The molecule has 4 rings (SSSR count). The van der Waals surface area contributed by atoms with Crippen molar-refractivity contribution in [3.63, 3.8) is 0 Å². The van der Waals surface area contributed by atoms with E-state index in [1.54, 1.807) is 54.6 Å². The Kier molecular flexibility index (Phi) is 6.68. The minimum absolute atomic E-state index is 0.158. The molecule has 1 N–H and O–H groups in total. The number of ether oxygens (including phenoxy) is 5. The maximum absolute atomic E-state index is 10.2. The van der Waals surface area contributed by atoms with E-state index in [9.17, 15) is 5.11 Å².